The van der Waals surface area contributed by atoms with Crippen LogP contribution in [0.15, 0.2) is 58.7 Å². The minimum Gasteiger partial charge on any atom is -0.394 e. The van der Waals surface area contributed by atoms with Gasteiger partial charge in [-0.3, -0.25) is 4.79 Å². The molecule has 122 valence electrons. The average Bonchev–Trinajstić information content (AvgIpc) is 2.60. The van der Waals surface area contributed by atoms with E-state index in [1.54, 1.807) is 18.2 Å². The first kappa shape index (κ1) is 17.9. The molecule has 1 amide bonds. The summed E-state index contributed by atoms with van der Waals surface area (Å²) >= 11 is 3.24. The maximum absolute atomic E-state index is 12.3. The molecule has 0 spiro atoms. The highest BCUT2D eigenvalue weighted by molar-refractivity contribution is 9.10. The van der Waals surface area contributed by atoms with Crippen LogP contribution < -0.4 is 5.32 Å². The second kappa shape index (κ2) is 8.96. The quantitative estimate of drug-likeness (QED) is 0.454. The van der Waals surface area contributed by atoms with Crippen molar-refractivity contribution < 1.29 is 9.90 Å². The Balaban J connectivity index is 2.09. The summed E-state index contributed by atoms with van der Waals surface area (Å²) in [6, 6.07) is 16.2. The van der Waals surface area contributed by atoms with E-state index >= 15 is 0 Å². The van der Waals surface area contributed by atoms with Gasteiger partial charge in [0.05, 0.1) is 18.3 Å². The molecule has 0 saturated heterocycles. The van der Waals surface area contributed by atoms with Crippen LogP contribution in [0.1, 0.15) is 11.3 Å². The summed E-state index contributed by atoms with van der Waals surface area (Å²) in [6.45, 7) is -0.214. The number of aromatic nitrogens is 1. The number of nitrogens with one attached hydrogen (secondary N) is 1. The van der Waals surface area contributed by atoms with Crippen LogP contribution in [0.25, 0.3) is 6.08 Å². The van der Waals surface area contributed by atoms with Gasteiger partial charge in [0.25, 0.3) is 5.91 Å². The van der Waals surface area contributed by atoms with Crippen molar-refractivity contribution in [2.24, 2.45) is 0 Å². The average molecular weight is 386 g/mol. The molecule has 0 fully saturated rings. The molecule has 2 aromatic rings. The Morgan fingerprint density at radius 2 is 2.04 bits per heavy atom. The van der Waals surface area contributed by atoms with Gasteiger partial charge in [-0.25, -0.2) is 4.98 Å². The number of aliphatic hydroxyl groups is 1. The number of carbonyl (C=O) groups excluding carboxylic acids is 1. The van der Waals surface area contributed by atoms with E-state index in [1.807, 2.05) is 36.4 Å². The topological polar surface area (TPSA) is 86.0 Å². The first-order chi connectivity index (χ1) is 11.6. The molecule has 0 saturated carbocycles. The lowest BCUT2D eigenvalue weighted by Crippen LogP contribution is -2.39. The normalized spacial score (nSPS) is 12.3. The van der Waals surface area contributed by atoms with Crippen LogP contribution in [-0.2, 0) is 11.2 Å². The van der Waals surface area contributed by atoms with Gasteiger partial charge in [-0.15, -0.1) is 0 Å². The number of aliphatic hydroxyl groups excluding tert-OH is 1. The van der Waals surface area contributed by atoms with Crippen molar-refractivity contribution in [3.63, 3.8) is 0 Å². The lowest BCUT2D eigenvalue weighted by molar-refractivity contribution is -0.118. The van der Waals surface area contributed by atoms with Crippen molar-refractivity contribution in [2.75, 3.05) is 6.61 Å². The molecule has 5 nitrogen and oxygen atoms in total. The van der Waals surface area contributed by atoms with Crippen LogP contribution in [0.4, 0.5) is 0 Å². The molecule has 1 heterocycles. The Morgan fingerprint density at radius 3 is 2.67 bits per heavy atom. The molecule has 6 heteroatoms. The van der Waals surface area contributed by atoms with Crippen molar-refractivity contribution in [3.8, 4) is 6.07 Å². The van der Waals surface area contributed by atoms with Crippen molar-refractivity contribution in [1.82, 2.24) is 10.3 Å². The second-order valence-electron chi connectivity index (χ2n) is 5.10. The van der Waals surface area contributed by atoms with Crippen molar-refractivity contribution in [3.05, 3.63) is 70.0 Å². The van der Waals surface area contributed by atoms with E-state index in [9.17, 15) is 15.2 Å². The Morgan fingerprint density at radius 1 is 1.29 bits per heavy atom. The maximum atomic E-state index is 12.3. The third-order valence-electron chi connectivity index (χ3n) is 3.27. The van der Waals surface area contributed by atoms with E-state index in [2.05, 4.69) is 26.2 Å². The fraction of sp³-hybridized carbons (Fsp3) is 0.167. The number of amides is 1. The van der Waals surface area contributed by atoms with Gasteiger partial charge < -0.3 is 10.4 Å². The molecular weight excluding hydrogens is 370 g/mol. The summed E-state index contributed by atoms with van der Waals surface area (Å²) in [5.41, 5.74) is 1.43. The molecule has 0 aliphatic carbocycles. The Kier molecular flexibility index (Phi) is 6.67. The molecule has 1 aromatic heterocycles. The van der Waals surface area contributed by atoms with E-state index in [0.717, 1.165) is 5.56 Å². The largest absolute Gasteiger partial charge is 0.394 e. The monoisotopic (exact) mass is 385 g/mol. The van der Waals surface area contributed by atoms with Gasteiger partial charge >= 0.3 is 0 Å². The third kappa shape index (κ3) is 5.30. The zero-order chi connectivity index (χ0) is 17.4. The van der Waals surface area contributed by atoms with Gasteiger partial charge in [0.2, 0.25) is 0 Å². The predicted octanol–water partition coefficient (Wildman–Crippen LogP) is 2.47. The predicted molar refractivity (Wildman–Crippen MR) is 94.7 cm³/mol. The summed E-state index contributed by atoms with van der Waals surface area (Å²) < 4.78 is 0.617. The molecule has 0 aliphatic heterocycles. The van der Waals surface area contributed by atoms with Gasteiger partial charge in [0.15, 0.2) is 0 Å². The number of hydrogen-bond donors (Lipinski definition) is 2. The fourth-order valence-electron chi connectivity index (χ4n) is 2.12. The molecule has 24 heavy (non-hydrogen) atoms. The van der Waals surface area contributed by atoms with E-state index < -0.39 is 11.9 Å². The molecular formula is C18H16BrN3O2. The van der Waals surface area contributed by atoms with Gasteiger partial charge in [0.1, 0.15) is 16.2 Å². The minimum absolute atomic E-state index is 0.0629. The zero-order valence-corrected chi connectivity index (χ0v) is 14.4. The Bertz CT molecular complexity index is 769. The summed E-state index contributed by atoms with van der Waals surface area (Å²) in [7, 11) is 0. The summed E-state index contributed by atoms with van der Waals surface area (Å²) in [5, 5.41) is 21.4. The van der Waals surface area contributed by atoms with Crippen LogP contribution in [0.5, 0.6) is 0 Å². The van der Waals surface area contributed by atoms with Crippen LogP contribution in [-0.4, -0.2) is 28.6 Å². The fourth-order valence-corrected chi connectivity index (χ4v) is 2.48. The summed E-state index contributed by atoms with van der Waals surface area (Å²) in [6.07, 6.45) is 1.90. The number of nitrogens with zero attached hydrogens (tertiary/aromatic N) is 2. The Labute approximate surface area is 148 Å². The number of halogens is 1. The van der Waals surface area contributed by atoms with Crippen molar-refractivity contribution in [1.29, 1.82) is 5.26 Å². The Hall–Kier alpha value is -2.49. The van der Waals surface area contributed by atoms with Crippen LogP contribution in [0, 0.1) is 11.3 Å². The lowest BCUT2D eigenvalue weighted by Gasteiger charge is -2.16. The third-order valence-corrected chi connectivity index (χ3v) is 3.72. The van der Waals surface area contributed by atoms with E-state index in [4.69, 9.17) is 0 Å². The number of pyridine rings is 1. The van der Waals surface area contributed by atoms with Gasteiger partial charge in [-0.2, -0.15) is 5.26 Å². The molecule has 0 aliphatic rings. The van der Waals surface area contributed by atoms with Crippen LogP contribution >= 0.6 is 15.9 Å². The SMILES string of the molecule is N#CC(=Cc1cccc(Br)n1)C(=O)N[C@H](CO)Cc1ccccc1. The number of rotatable bonds is 6. The van der Waals surface area contributed by atoms with Crippen LogP contribution in [0.2, 0.25) is 0 Å². The molecule has 1 atom stereocenters. The van der Waals surface area contributed by atoms with Crippen LogP contribution in [0.3, 0.4) is 0 Å². The number of hydrogen-bond acceptors (Lipinski definition) is 4. The molecule has 1 aromatic carbocycles. The smallest absolute Gasteiger partial charge is 0.262 e. The zero-order valence-electron chi connectivity index (χ0n) is 12.8. The highest BCUT2D eigenvalue weighted by Gasteiger charge is 2.16. The molecule has 2 rings (SSSR count). The van der Waals surface area contributed by atoms with Crippen molar-refractivity contribution >= 4 is 27.9 Å². The van der Waals surface area contributed by atoms with E-state index in [1.165, 1.54) is 6.08 Å². The highest BCUT2D eigenvalue weighted by atomic mass is 79.9. The number of benzene rings is 1. The molecule has 0 unspecified atom stereocenters. The summed E-state index contributed by atoms with van der Waals surface area (Å²) in [4.78, 5) is 16.4. The van der Waals surface area contributed by atoms with Gasteiger partial charge in [0, 0.05) is 0 Å². The highest BCUT2D eigenvalue weighted by Crippen LogP contribution is 2.10. The minimum atomic E-state index is -0.533. The van der Waals surface area contributed by atoms with E-state index in [-0.39, 0.29) is 12.2 Å². The number of carbonyl (C=O) groups is 1. The summed E-state index contributed by atoms with van der Waals surface area (Å²) in [5.74, 6) is -0.533. The van der Waals surface area contributed by atoms with E-state index in [0.29, 0.717) is 16.7 Å². The first-order valence-corrected chi connectivity index (χ1v) is 8.11. The second-order valence-corrected chi connectivity index (χ2v) is 5.91. The maximum Gasteiger partial charge on any atom is 0.262 e. The molecule has 2 N–H and O–H groups in total. The lowest BCUT2D eigenvalue weighted by atomic mass is 10.1. The van der Waals surface area contributed by atoms with Crippen molar-refractivity contribution in [2.45, 2.75) is 12.5 Å². The standard InChI is InChI=1S/C18H16BrN3O2/c19-17-8-4-7-15(21-17)10-14(11-20)18(24)22-16(12-23)9-13-5-2-1-3-6-13/h1-8,10,16,23H,9,12H2,(H,22,24)/t16-/m0/s1. The molecule has 0 radical (unpaired) electrons. The first-order valence-electron chi connectivity index (χ1n) is 7.32. The van der Waals surface area contributed by atoms with Gasteiger partial charge in [-0.05, 0) is 46.1 Å². The van der Waals surface area contributed by atoms with Gasteiger partial charge in [-0.1, -0.05) is 36.4 Å². The number of nitriles is 1. The molecule has 0 bridgehead atoms.